The highest BCUT2D eigenvalue weighted by molar-refractivity contribution is 9.10. The first-order chi connectivity index (χ1) is 12.9. The molecular weight excluding hydrogens is 434 g/mol. The third-order valence-corrected chi connectivity index (χ3v) is 4.18. The van der Waals surface area contributed by atoms with E-state index in [0.29, 0.717) is 17.0 Å². The van der Waals surface area contributed by atoms with Crippen LogP contribution in [0.1, 0.15) is 10.6 Å². The van der Waals surface area contributed by atoms with Crippen molar-refractivity contribution in [3.05, 3.63) is 81.0 Å². The van der Waals surface area contributed by atoms with E-state index < -0.39 is 10.8 Å². The lowest BCUT2D eigenvalue weighted by atomic mass is 10.1. The maximum Gasteiger partial charge on any atom is 0.293 e. The molecule has 1 aromatic heterocycles. The predicted octanol–water partition coefficient (Wildman–Crippen LogP) is 4.74. The van der Waals surface area contributed by atoms with E-state index in [-0.39, 0.29) is 16.6 Å². The van der Waals surface area contributed by atoms with Crippen molar-refractivity contribution >= 4 is 50.5 Å². The molecule has 27 heavy (non-hydrogen) atoms. The zero-order chi connectivity index (χ0) is 19.4. The molecule has 0 radical (unpaired) electrons. The van der Waals surface area contributed by atoms with Crippen LogP contribution in [0.5, 0.6) is 0 Å². The first-order valence-electron chi connectivity index (χ1n) is 7.65. The maximum atomic E-state index is 12.3. The molecule has 0 fully saturated rings. The molecule has 0 atom stereocenters. The van der Waals surface area contributed by atoms with Gasteiger partial charge in [0.2, 0.25) is 0 Å². The average Bonchev–Trinajstić information content (AvgIpc) is 3.12. The fraction of sp³-hybridized carbons (Fsp3) is 0. The number of non-ortho nitro benzene ring substituents is 1. The summed E-state index contributed by atoms with van der Waals surface area (Å²) in [6, 6.07) is 16.3. The molecule has 0 bridgehead atoms. The minimum Gasteiger partial charge on any atom is -0.451 e. The first kappa shape index (κ1) is 18.7. The number of carbonyl (C=O) groups is 1. The van der Waals surface area contributed by atoms with Gasteiger partial charge in [-0.1, -0.05) is 34.1 Å². The lowest BCUT2D eigenvalue weighted by molar-refractivity contribution is -0.384. The van der Waals surface area contributed by atoms with E-state index in [9.17, 15) is 14.9 Å². The molecule has 136 valence electrons. The maximum absolute atomic E-state index is 12.3. The predicted molar refractivity (Wildman–Crippen MR) is 109 cm³/mol. The first-order valence-corrected chi connectivity index (χ1v) is 8.85. The van der Waals surface area contributed by atoms with Crippen molar-refractivity contribution < 1.29 is 14.1 Å². The van der Waals surface area contributed by atoms with Gasteiger partial charge in [0.15, 0.2) is 10.9 Å². The van der Waals surface area contributed by atoms with Crippen molar-refractivity contribution in [1.29, 1.82) is 0 Å². The van der Waals surface area contributed by atoms with Gasteiger partial charge in [-0.3, -0.25) is 20.2 Å². The Morgan fingerprint density at radius 2 is 1.89 bits per heavy atom. The van der Waals surface area contributed by atoms with Gasteiger partial charge in [-0.2, -0.15) is 0 Å². The highest BCUT2D eigenvalue weighted by atomic mass is 79.9. The number of furan rings is 1. The summed E-state index contributed by atoms with van der Waals surface area (Å²) in [6.45, 7) is 0. The van der Waals surface area contributed by atoms with Crippen LogP contribution in [-0.2, 0) is 0 Å². The van der Waals surface area contributed by atoms with E-state index in [1.54, 1.807) is 24.3 Å². The van der Waals surface area contributed by atoms with E-state index in [4.69, 9.17) is 16.6 Å². The summed E-state index contributed by atoms with van der Waals surface area (Å²) in [5, 5.41) is 16.4. The molecule has 1 heterocycles. The molecule has 2 N–H and O–H groups in total. The molecular formula is C18H12BrN3O4S. The van der Waals surface area contributed by atoms with Gasteiger partial charge in [-0.25, -0.2) is 0 Å². The van der Waals surface area contributed by atoms with E-state index in [1.165, 1.54) is 18.2 Å². The van der Waals surface area contributed by atoms with E-state index in [2.05, 4.69) is 26.6 Å². The van der Waals surface area contributed by atoms with Crippen LogP contribution in [0.4, 0.5) is 11.4 Å². The second-order valence-corrected chi connectivity index (χ2v) is 6.71. The standard InChI is InChI=1S/C18H12BrN3O4S/c19-12-4-2-5-13(10-12)20-18(27)21-17(23)16-8-7-15(26-16)11-3-1-6-14(9-11)22(24)25/h1-10H,(H2,20,21,23,27). The van der Waals surface area contributed by atoms with Crippen LogP contribution in [0.3, 0.4) is 0 Å². The Bertz CT molecular complexity index is 1030. The smallest absolute Gasteiger partial charge is 0.293 e. The summed E-state index contributed by atoms with van der Waals surface area (Å²) < 4.78 is 6.38. The highest BCUT2D eigenvalue weighted by Crippen LogP contribution is 2.25. The normalized spacial score (nSPS) is 10.3. The fourth-order valence-electron chi connectivity index (χ4n) is 2.28. The molecule has 0 saturated heterocycles. The van der Waals surface area contributed by atoms with Crippen LogP contribution >= 0.6 is 28.1 Å². The lowest BCUT2D eigenvalue weighted by Gasteiger charge is -2.08. The number of amides is 1. The number of hydrogen-bond acceptors (Lipinski definition) is 5. The number of nitro benzene ring substituents is 1. The van der Waals surface area contributed by atoms with Gasteiger partial charge in [0, 0.05) is 27.9 Å². The fourth-order valence-corrected chi connectivity index (χ4v) is 2.89. The lowest BCUT2D eigenvalue weighted by Crippen LogP contribution is -2.33. The van der Waals surface area contributed by atoms with Gasteiger partial charge in [0.05, 0.1) is 4.92 Å². The van der Waals surface area contributed by atoms with Crippen LogP contribution in [-0.4, -0.2) is 15.9 Å². The highest BCUT2D eigenvalue weighted by Gasteiger charge is 2.15. The number of hydrogen-bond donors (Lipinski definition) is 2. The minimum absolute atomic E-state index is 0.0369. The van der Waals surface area contributed by atoms with Crippen molar-refractivity contribution in [2.45, 2.75) is 0 Å². The number of nitrogens with one attached hydrogen (secondary N) is 2. The van der Waals surface area contributed by atoms with E-state index >= 15 is 0 Å². The molecule has 0 aliphatic rings. The second kappa shape index (κ2) is 8.11. The molecule has 3 rings (SSSR count). The summed E-state index contributed by atoms with van der Waals surface area (Å²) in [4.78, 5) is 22.7. The van der Waals surface area contributed by atoms with E-state index in [0.717, 1.165) is 4.47 Å². The molecule has 0 saturated carbocycles. The number of rotatable bonds is 4. The molecule has 0 unspecified atom stereocenters. The summed E-state index contributed by atoms with van der Waals surface area (Å²) in [5.74, 6) is -0.149. The van der Waals surface area contributed by atoms with E-state index in [1.807, 2.05) is 18.2 Å². The number of nitro groups is 1. The Morgan fingerprint density at radius 1 is 1.11 bits per heavy atom. The topological polar surface area (TPSA) is 97.4 Å². The molecule has 9 heteroatoms. The van der Waals surface area contributed by atoms with Crippen LogP contribution in [0.2, 0.25) is 0 Å². The average molecular weight is 446 g/mol. The van der Waals surface area contributed by atoms with Crippen molar-refractivity contribution in [3.63, 3.8) is 0 Å². The van der Waals surface area contributed by atoms with Crippen molar-refractivity contribution in [1.82, 2.24) is 5.32 Å². The van der Waals surface area contributed by atoms with Crippen molar-refractivity contribution in [2.24, 2.45) is 0 Å². The van der Waals surface area contributed by atoms with Gasteiger partial charge in [-0.05, 0) is 42.5 Å². The van der Waals surface area contributed by atoms with Gasteiger partial charge in [-0.15, -0.1) is 0 Å². The SMILES string of the molecule is O=C(NC(=S)Nc1cccc(Br)c1)c1ccc(-c2cccc([N+](=O)[O-])c2)o1. The minimum atomic E-state index is -0.529. The van der Waals surface area contributed by atoms with Gasteiger partial charge >= 0.3 is 0 Å². The third-order valence-electron chi connectivity index (χ3n) is 3.48. The Hall–Kier alpha value is -3.04. The summed E-state index contributed by atoms with van der Waals surface area (Å²) in [5.41, 5.74) is 1.15. The van der Waals surface area contributed by atoms with Crippen LogP contribution in [0.25, 0.3) is 11.3 Å². The Kier molecular flexibility index (Phi) is 5.63. The summed E-state index contributed by atoms with van der Waals surface area (Å²) in [6.07, 6.45) is 0. The third kappa shape index (κ3) is 4.78. The number of thiocarbonyl (C=S) groups is 1. The Morgan fingerprint density at radius 3 is 2.63 bits per heavy atom. The number of halogens is 1. The molecule has 0 aliphatic heterocycles. The van der Waals surface area contributed by atoms with Crippen molar-refractivity contribution in [2.75, 3.05) is 5.32 Å². The molecule has 1 amide bonds. The molecule has 0 aliphatic carbocycles. The molecule has 2 aromatic carbocycles. The second-order valence-electron chi connectivity index (χ2n) is 5.39. The Balaban J connectivity index is 1.69. The summed E-state index contributed by atoms with van der Waals surface area (Å²) in [7, 11) is 0. The zero-order valence-corrected chi connectivity index (χ0v) is 16.0. The molecule has 0 spiro atoms. The number of carbonyl (C=O) groups excluding carboxylic acids is 1. The van der Waals surface area contributed by atoms with Gasteiger partial charge < -0.3 is 9.73 Å². The monoisotopic (exact) mass is 445 g/mol. The molecule has 3 aromatic rings. The molecule has 7 nitrogen and oxygen atoms in total. The quantitative estimate of drug-likeness (QED) is 0.341. The van der Waals surface area contributed by atoms with Crippen LogP contribution < -0.4 is 10.6 Å². The van der Waals surface area contributed by atoms with Crippen molar-refractivity contribution in [3.8, 4) is 11.3 Å². The summed E-state index contributed by atoms with van der Waals surface area (Å²) >= 11 is 8.48. The van der Waals surface area contributed by atoms with Crippen LogP contribution in [0, 0.1) is 10.1 Å². The number of nitrogens with zero attached hydrogens (tertiary/aromatic N) is 1. The largest absolute Gasteiger partial charge is 0.451 e. The van der Waals surface area contributed by atoms with Crippen LogP contribution in [0.15, 0.2) is 69.6 Å². The van der Waals surface area contributed by atoms with Gasteiger partial charge in [0.25, 0.3) is 11.6 Å². The van der Waals surface area contributed by atoms with Gasteiger partial charge in [0.1, 0.15) is 5.76 Å². The number of anilines is 1. The number of benzene rings is 2. The zero-order valence-electron chi connectivity index (χ0n) is 13.6. The Labute approximate surface area is 167 Å².